The minimum absolute atomic E-state index is 0.0428. The van der Waals surface area contributed by atoms with Crippen LogP contribution in [0.5, 0.6) is 23.0 Å². The molecule has 1 aliphatic rings. The zero-order valence-electron chi connectivity index (χ0n) is 67.3. The lowest BCUT2D eigenvalue weighted by atomic mass is 10.0. The number of methoxy groups -OCH3 is 3. The molecule has 0 atom stereocenters. The number of sulfonamides is 1. The molecule has 0 saturated carbocycles. The van der Waals surface area contributed by atoms with E-state index in [0.29, 0.717) is 70.5 Å². The molecule has 0 radical (unpaired) electrons. The predicted molar refractivity (Wildman–Crippen MR) is 494 cm³/mol. The summed E-state index contributed by atoms with van der Waals surface area (Å²) in [5, 5.41) is 38.0. The molecule has 35 heteroatoms. The van der Waals surface area contributed by atoms with Crippen LogP contribution in [0.4, 0.5) is 63.9 Å². The molecule has 0 fully saturated rings. The van der Waals surface area contributed by atoms with Crippen molar-refractivity contribution in [1.82, 2.24) is 79.7 Å². The first kappa shape index (κ1) is 84.3. The number of phenolic OH excluding ortho intramolecular Hbond substituents is 1. The second-order valence-electron chi connectivity index (χ2n) is 27.1. The van der Waals surface area contributed by atoms with E-state index in [2.05, 4.69) is 137 Å². The monoisotopic (exact) mass is 1760 g/mol. The fourth-order valence-electron chi connectivity index (χ4n) is 12.7. The number of H-pyrrole nitrogens is 1. The lowest BCUT2D eigenvalue weighted by Crippen LogP contribution is -2.27. The zero-order chi connectivity index (χ0) is 85.9. The van der Waals surface area contributed by atoms with Gasteiger partial charge < -0.3 is 50.9 Å². The molecule has 12 heterocycles. The Morgan fingerprint density at radius 2 is 0.863 bits per heavy atom. The van der Waals surface area contributed by atoms with E-state index in [-0.39, 0.29) is 11.5 Å². The van der Waals surface area contributed by atoms with Crippen LogP contribution in [-0.2, 0) is 16.4 Å². The average Bonchev–Trinajstić information content (AvgIpc) is 1.78. The number of fused-ring (bicyclic) bond motifs is 2. The number of rotatable bonds is 22. The maximum Gasteiger partial charge on any atom is 0.232 e. The van der Waals surface area contributed by atoms with E-state index in [1.807, 2.05) is 168 Å². The van der Waals surface area contributed by atoms with Crippen molar-refractivity contribution >= 4 is 147 Å². The Bertz CT molecular complexity index is 6790. The molecule has 29 nitrogen and oxygen atoms in total. The molecular weight excluding hydrogens is 1680 g/mol. The molecule has 18 aromatic rings. The number of ether oxygens (including phenoxy) is 3. The lowest BCUT2D eigenvalue weighted by molar-refractivity contribution is 0.101. The molecule has 19 rings (SSSR count). The summed E-state index contributed by atoms with van der Waals surface area (Å²) in [4.78, 5) is 80.0. The second-order valence-corrected chi connectivity index (χ2v) is 33.0. The maximum absolute atomic E-state index is 11.8. The number of hydrogen-bond acceptors (Lipinski definition) is 32. The number of aromatic amines is 1. The number of aryl methyl sites for hydroxylation is 2. The SMILES string of the molecule is CC(=O)c1nc(-c2ccnc(Nc3ccc4[nH]c(C)cc4c3)n2)cs1.COc1cc(Nc2nccc(-c3cscn3)n2)ccc1-c1ccccc1.COc1ccc(Nc2nccc(-c3cscn3)n2)cc1-c1ccccc1.COc1ccc(Nc2nccc(-c3cscn3)n2)cc1O.Cc1nc(-c2ccnc(Nc3ccc4c(c3)CCN4S(C)(=O)=O)n2)cs1. The third-order valence-electron chi connectivity index (χ3n) is 18.4. The largest absolute Gasteiger partial charge is 0.504 e. The number of aromatic nitrogens is 16. The second kappa shape index (κ2) is 39.6. The van der Waals surface area contributed by atoms with Gasteiger partial charge in [0, 0.05) is 140 Å². The summed E-state index contributed by atoms with van der Waals surface area (Å²) in [5.74, 6) is 4.48. The normalized spacial score (nSPS) is 11.2. The van der Waals surface area contributed by atoms with Crippen molar-refractivity contribution in [2.75, 3.05) is 65.0 Å². The first-order valence-corrected chi connectivity index (χ1v) is 44.4. The first-order valence-electron chi connectivity index (χ1n) is 38.0. The van der Waals surface area contributed by atoms with Crippen LogP contribution in [0.2, 0.25) is 0 Å². The Balaban J connectivity index is 0.000000120. The van der Waals surface area contributed by atoms with Crippen LogP contribution in [-0.4, -0.2) is 133 Å². The van der Waals surface area contributed by atoms with E-state index in [1.165, 1.54) is 47.3 Å². The first-order chi connectivity index (χ1) is 60.4. The van der Waals surface area contributed by atoms with Gasteiger partial charge >= 0.3 is 0 Å². The Labute approximate surface area is 732 Å². The molecule has 11 aromatic heterocycles. The highest BCUT2D eigenvalue weighted by Gasteiger charge is 2.27. The summed E-state index contributed by atoms with van der Waals surface area (Å²) in [6.45, 7) is 5.98. The number of ketones is 1. The van der Waals surface area contributed by atoms with E-state index in [0.717, 1.165) is 135 Å². The van der Waals surface area contributed by atoms with E-state index in [1.54, 1.807) is 126 Å². The van der Waals surface area contributed by atoms with Crippen LogP contribution in [0.3, 0.4) is 0 Å². The van der Waals surface area contributed by atoms with E-state index in [9.17, 15) is 18.3 Å². The van der Waals surface area contributed by atoms with E-state index in [4.69, 9.17) is 14.2 Å². The highest BCUT2D eigenvalue weighted by molar-refractivity contribution is 7.92. The Morgan fingerprint density at radius 1 is 0.427 bits per heavy atom. The van der Waals surface area contributed by atoms with Gasteiger partial charge in [0.2, 0.25) is 39.8 Å². The van der Waals surface area contributed by atoms with Crippen molar-refractivity contribution in [3.05, 3.63) is 284 Å². The molecule has 0 saturated heterocycles. The Hall–Kier alpha value is -14.8. The molecular formula is C89H76N22O7S6. The number of thiazole rings is 5. The predicted octanol–water partition coefficient (Wildman–Crippen LogP) is 20.4. The number of anilines is 11. The van der Waals surface area contributed by atoms with Gasteiger partial charge in [-0.05, 0) is 152 Å². The lowest BCUT2D eigenvalue weighted by Gasteiger charge is -2.16. The van der Waals surface area contributed by atoms with Crippen molar-refractivity contribution < 1.29 is 32.5 Å². The van der Waals surface area contributed by atoms with Crippen molar-refractivity contribution in [3.63, 3.8) is 0 Å². The number of phenols is 1. The standard InChI is InChI=1S/2C20H16N4OS.C18H15N5OS.C17H17N5O2S2.C14H12N4O2S/c1-25-19-8-7-15(11-16(19)14-5-3-2-4-6-14)23-20-21-10-9-17(24-20)18-12-26-13-22-18;1-25-19-11-15(7-8-16(19)14-5-3-2-4-6-14)23-20-21-10-9-17(24-20)18-12-26-13-22-18;1-10-7-12-8-13(3-4-14(12)20-10)21-18-19-6-5-15(23-18)16-9-25-17(22-16)11(2)24;1-11-19-15(10-25-11)14-5-7-18-17(21-14)20-13-3-4-16-12(9-13)6-8-22(16)26(2,23)24;1-20-13-3-2-9(6-12(13)19)17-14-15-5-4-10(18-14)11-7-21-8-16-11/h2*2-13H,1H3,(H,21,23,24);3-9,20H,1-2H3,(H,19,21,23);3-5,7,9-10H,6,8H2,1-2H3,(H,18,20,21);2-8,19H,1H3,(H,15,17,18). The maximum atomic E-state index is 11.8. The van der Waals surface area contributed by atoms with Crippen LogP contribution in [0.25, 0.3) is 90.1 Å². The highest BCUT2D eigenvalue weighted by atomic mass is 32.2. The molecule has 0 spiro atoms. The Morgan fingerprint density at radius 3 is 1.32 bits per heavy atom. The molecule has 7 N–H and O–H groups in total. The van der Waals surface area contributed by atoms with Gasteiger partial charge in [0.05, 0.1) is 100 Å². The van der Waals surface area contributed by atoms with Crippen molar-refractivity contribution in [2.24, 2.45) is 0 Å². The molecule has 0 unspecified atom stereocenters. The molecule has 0 aliphatic carbocycles. The molecule has 1 aliphatic heterocycles. The van der Waals surface area contributed by atoms with Crippen LogP contribution in [0.1, 0.15) is 33.0 Å². The summed E-state index contributed by atoms with van der Waals surface area (Å²) < 4.78 is 41.2. The molecule has 0 bridgehead atoms. The number of Topliss-reactive ketones (excluding diaryl/α,β-unsaturated/α-hetero) is 1. The van der Waals surface area contributed by atoms with Gasteiger partial charge in [-0.15, -0.1) is 56.7 Å². The molecule has 620 valence electrons. The van der Waals surface area contributed by atoms with Crippen LogP contribution >= 0.6 is 56.7 Å². The van der Waals surface area contributed by atoms with Gasteiger partial charge in [-0.3, -0.25) is 9.10 Å². The van der Waals surface area contributed by atoms with Gasteiger partial charge in [-0.2, -0.15) is 0 Å². The third kappa shape index (κ3) is 21.7. The minimum Gasteiger partial charge on any atom is -0.504 e. The van der Waals surface area contributed by atoms with Crippen molar-refractivity contribution in [3.8, 4) is 102 Å². The van der Waals surface area contributed by atoms with E-state index >= 15 is 0 Å². The quantitative estimate of drug-likeness (QED) is 0.0310. The number of aromatic hydroxyl groups is 1. The number of benzene rings is 7. The summed E-state index contributed by atoms with van der Waals surface area (Å²) >= 11 is 7.49. The number of nitrogens with one attached hydrogen (secondary N) is 6. The fourth-order valence-corrected chi connectivity index (χ4v) is 16.6. The number of carbonyl (C=O) groups is 1. The summed E-state index contributed by atoms with van der Waals surface area (Å²) in [5.41, 5.74) is 25.5. The Kier molecular flexibility index (Phi) is 26.9. The van der Waals surface area contributed by atoms with Crippen LogP contribution < -0.4 is 45.1 Å². The van der Waals surface area contributed by atoms with Crippen LogP contribution in [0, 0.1) is 13.8 Å². The highest BCUT2D eigenvalue weighted by Crippen LogP contribution is 2.38. The molecule has 7 aromatic carbocycles. The summed E-state index contributed by atoms with van der Waals surface area (Å²) in [6, 6.07) is 60.0. The molecule has 124 heavy (non-hydrogen) atoms. The van der Waals surface area contributed by atoms with Crippen molar-refractivity contribution in [1.29, 1.82) is 0 Å². The fraction of sp³-hybridized carbons (Fsp3) is 0.101. The molecule has 0 amide bonds. The smallest absolute Gasteiger partial charge is 0.232 e. The average molecular weight is 1760 g/mol. The number of carbonyl (C=O) groups excluding carboxylic acids is 1. The van der Waals surface area contributed by atoms with Gasteiger partial charge in [-0.25, -0.2) is 83.2 Å². The topological polar surface area (TPSA) is 372 Å². The zero-order valence-corrected chi connectivity index (χ0v) is 72.2. The number of nitrogens with zero attached hydrogens (tertiary/aromatic N) is 16. The van der Waals surface area contributed by atoms with Gasteiger partial charge in [-0.1, -0.05) is 60.7 Å². The number of hydrogen-bond donors (Lipinski definition) is 7. The van der Waals surface area contributed by atoms with Gasteiger partial charge in [0.15, 0.2) is 22.3 Å². The summed E-state index contributed by atoms with van der Waals surface area (Å²) in [7, 11) is 1.61. The van der Waals surface area contributed by atoms with Crippen LogP contribution in [0.15, 0.2) is 262 Å². The summed E-state index contributed by atoms with van der Waals surface area (Å²) in [6.07, 6.45) is 10.4. The van der Waals surface area contributed by atoms with E-state index < -0.39 is 10.0 Å². The minimum atomic E-state index is -3.24. The van der Waals surface area contributed by atoms with Gasteiger partial charge in [0.1, 0.15) is 22.9 Å². The van der Waals surface area contributed by atoms with Crippen molar-refractivity contribution in [2.45, 2.75) is 27.2 Å². The third-order valence-corrected chi connectivity index (χ3v) is 23.1. The van der Waals surface area contributed by atoms with Gasteiger partial charge in [0.25, 0.3) is 0 Å².